The number of hydrogen-bond acceptors (Lipinski definition) is 0. The molecule has 0 N–H and O–H groups in total. The zero-order chi connectivity index (χ0) is 10.5. The van der Waals surface area contributed by atoms with Gasteiger partial charge in [-0.05, 0) is 25.7 Å². The molecule has 0 aliphatic carbocycles. The standard InChI is InChI=1S/C12H20Br2/c13-11-9-7-5-3-1-2-4-6-8-10-12-14/h3-12H2. The third-order valence-electron chi connectivity index (χ3n) is 2.00. The van der Waals surface area contributed by atoms with Crippen LogP contribution in [0.2, 0.25) is 0 Å². The maximum Gasteiger partial charge on any atom is 0.00886 e. The van der Waals surface area contributed by atoms with Gasteiger partial charge in [0.25, 0.3) is 0 Å². The van der Waals surface area contributed by atoms with Crippen molar-refractivity contribution in [3.05, 3.63) is 0 Å². The fourth-order valence-corrected chi connectivity index (χ4v) is 1.94. The Morgan fingerprint density at radius 2 is 1.00 bits per heavy atom. The Morgan fingerprint density at radius 3 is 1.36 bits per heavy atom. The summed E-state index contributed by atoms with van der Waals surface area (Å²) in [6, 6.07) is 0. The van der Waals surface area contributed by atoms with Crippen LogP contribution < -0.4 is 0 Å². The van der Waals surface area contributed by atoms with E-state index in [1.54, 1.807) is 0 Å². The number of hydrogen-bond donors (Lipinski definition) is 0. The van der Waals surface area contributed by atoms with E-state index in [2.05, 4.69) is 43.7 Å². The minimum Gasteiger partial charge on any atom is -0.103 e. The molecule has 14 heavy (non-hydrogen) atoms. The average molecular weight is 324 g/mol. The first-order chi connectivity index (χ1) is 6.91. The lowest BCUT2D eigenvalue weighted by molar-refractivity contribution is 0.737. The molecule has 0 saturated heterocycles. The summed E-state index contributed by atoms with van der Waals surface area (Å²) in [6.45, 7) is 0. The molecule has 0 aliphatic heterocycles. The minimum absolute atomic E-state index is 1.09. The molecule has 0 nitrogen and oxygen atoms in total. The molecule has 82 valence electrons. The molecule has 0 fully saturated rings. The van der Waals surface area contributed by atoms with Crippen LogP contribution in [0.3, 0.4) is 0 Å². The van der Waals surface area contributed by atoms with Crippen molar-refractivity contribution < 1.29 is 0 Å². The van der Waals surface area contributed by atoms with Crippen LogP contribution in [0.15, 0.2) is 0 Å². The van der Waals surface area contributed by atoms with Gasteiger partial charge in [-0.15, -0.1) is 11.8 Å². The molecule has 2 heteroatoms. The zero-order valence-corrected chi connectivity index (χ0v) is 12.0. The molecule has 0 unspecified atom stereocenters. The van der Waals surface area contributed by atoms with Crippen LogP contribution in [0, 0.1) is 11.8 Å². The van der Waals surface area contributed by atoms with Crippen molar-refractivity contribution in [2.45, 2.75) is 51.4 Å². The summed E-state index contributed by atoms with van der Waals surface area (Å²) >= 11 is 6.86. The second-order valence-corrected chi connectivity index (χ2v) is 4.94. The summed E-state index contributed by atoms with van der Waals surface area (Å²) in [6.07, 6.45) is 9.89. The second kappa shape index (κ2) is 13.5. The Bertz CT molecular complexity index is 139. The first-order valence-corrected chi connectivity index (χ1v) is 7.73. The summed E-state index contributed by atoms with van der Waals surface area (Å²) in [4.78, 5) is 0. The smallest absolute Gasteiger partial charge is 0.00886 e. The van der Waals surface area contributed by atoms with Gasteiger partial charge in [0.2, 0.25) is 0 Å². The highest BCUT2D eigenvalue weighted by Gasteiger charge is 1.86. The predicted octanol–water partition coefficient (Wildman–Crippen LogP) is 4.90. The lowest BCUT2D eigenvalue weighted by atomic mass is 10.2. The molecular weight excluding hydrogens is 304 g/mol. The Morgan fingerprint density at radius 1 is 0.571 bits per heavy atom. The molecule has 0 atom stereocenters. The van der Waals surface area contributed by atoms with Crippen LogP contribution in [0.1, 0.15) is 51.4 Å². The molecular formula is C12H20Br2. The summed E-state index contributed by atoms with van der Waals surface area (Å²) in [5.41, 5.74) is 0. The monoisotopic (exact) mass is 322 g/mol. The second-order valence-electron chi connectivity index (χ2n) is 3.35. The van der Waals surface area contributed by atoms with Crippen molar-refractivity contribution in [2.24, 2.45) is 0 Å². The van der Waals surface area contributed by atoms with E-state index in [4.69, 9.17) is 0 Å². The largest absolute Gasteiger partial charge is 0.103 e. The third-order valence-corrected chi connectivity index (χ3v) is 3.12. The Hall–Kier alpha value is 0.520. The molecule has 0 radical (unpaired) electrons. The van der Waals surface area contributed by atoms with Gasteiger partial charge in [-0.2, -0.15) is 0 Å². The summed E-state index contributed by atoms with van der Waals surface area (Å²) < 4.78 is 0. The van der Waals surface area contributed by atoms with E-state index < -0.39 is 0 Å². The molecule has 0 rings (SSSR count). The van der Waals surface area contributed by atoms with Crippen molar-refractivity contribution >= 4 is 31.9 Å². The molecule has 0 aromatic rings. The predicted molar refractivity (Wildman–Crippen MR) is 72.3 cm³/mol. The number of halogens is 2. The summed E-state index contributed by atoms with van der Waals surface area (Å²) in [5, 5.41) is 2.26. The van der Waals surface area contributed by atoms with Crippen LogP contribution in [-0.2, 0) is 0 Å². The van der Waals surface area contributed by atoms with Gasteiger partial charge in [-0.3, -0.25) is 0 Å². The highest BCUT2D eigenvalue weighted by atomic mass is 79.9. The van der Waals surface area contributed by atoms with Crippen molar-refractivity contribution in [1.82, 2.24) is 0 Å². The van der Waals surface area contributed by atoms with Gasteiger partial charge in [0.05, 0.1) is 0 Å². The Balaban J connectivity index is 3.03. The van der Waals surface area contributed by atoms with E-state index in [1.165, 1.54) is 38.5 Å². The van der Waals surface area contributed by atoms with Crippen LogP contribution >= 0.6 is 31.9 Å². The molecule has 0 aliphatic rings. The van der Waals surface area contributed by atoms with Crippen molar-refractivity contribution in [3.63, 3.8) is 0 Å². The molecule has 0 aromatic heterocycles. The van der Waals surface area contributed by atoms with Crippen molar-refractivity contribution in [3.8, 4) is 11.8 Å². The third kappa shape index (κ3) is 12.5. The maximum atomic E-state index is 3.43. The van der Waals surface area contributed by atoms with E-state index in [-0.39, 0.29) is 0 Å². The lowest BCUT2D eigenvalue weighted by Crippen LogP contribution is -1.78. The molecule has 0 amide bonds. The van der Waals surface area contributed by atoms with Gasteiger partial charge in [0, 0.05) is 23.5 Å². The number of unbranched alkanes of at least 4 members (excludes halogenated alkanes) is 6. The van der Waals surface area contributed by atoms with Crippen LogP contribution in [0.25, 0.3) is 0 Å². The van der Waals surface area contributed by atoms with E-state index in [9.17, 15) is 0 Å². The molecule has 0 heterocycles. The molecule has 0 bridgehead atoms. The fourth-order valence-electron chi connectivity index (χ4n) is 1.15. The van der Waals surface area contributed by atoms with E-state index in [0.717, 1.165) is 23.5 Å². The van der Waals surface area contributed by atoms with Crippen LogP contribution in [0.4, 0.5) is 0 Å². The van der Waals surface area contributed by atoms with Crippen LogP contribution in [-0.4, -0.2) is 10.7 Å². The number of rotatable bonds is 8. The van der Waals surface area contributed by atoms with Gasteiger partial charge in [0.1, 0.15) is 0 Å². The van der Waals surface area contributed by atoms with E-state index in [0.29, 0.717) is 0 Å². The fraction of sp³-hybridized carbons (Fsp3) is 0.833. The normalized spacial score (nSPS) is 9.57. The van der Waals surface area contributed by atoms with Gasteiger partial charge in [-0.1, -0.05) is 44.7 Å². The summed E-state index contributed by atoms with van der Waals surface area (Å²) in [7, 11) is 0. The van der Waals surface area contributed by atoms with Gasteiger partial charge < -0.3 is 0 Å². The highest BCUT2D eigenvalue weighted by Crippen LogP contribution is 2.02. The van der Waals surface area contributed by atoms with Gasteiger partial charge in [-0.25, -0.2) is 0 Å². The van der Waals surface area contributed by atoms with E-state index >= 15 is 0 Å². The van der Waals surface area contributed by atoms with Crippen LogP contribution in [0.5, 0.6) is 0 Å². The summed E-state index contributed by atoms with van der Waals surface area (Å²) in [5.74, 6) is 6.49. The maximum absolute atomic E-state index is 3.43. The van der Waals surface area contributed by atoms with Gasteiger partial charge in [0.15, 0.2) is 0 Å². The topological polar surface area (TPSA) is 0 Å². The minimum atomic E-state index is 1.09. The first-order valence-electron chi connectivity index (χ1n) is 5.49. The Labute approximate surface area is 105 Å². The van der Waals surface area contributed by atoms with Crippen molar-refractivity contribution in [1.29, 1.82) is 0 Å². The van der Waals surface area contributed by atoms with Gasteiger partial charge >= 0.3 is 0 Å². The first kappa shape index (κ1) is 14.5. The van der Waals surface area contributed by atoms with Crippen molar-refractivity contribution in [2.75, 3.05) is 10.7 Å². The highest BCUT2D eigenvalue weighted by molar-refractivity contribution is 9.09. The number of alkyl halides is 2. The quantitative estimate of drug-likeness (QED) is 0.338. The Kier molecular flexibility index (Phi) is 14.0. The molecule has 0 saturated carbocycles. The average Bonchev–Trinajstić information content (AvgIpc) is 2.21. The molecule has 0 aromatic carbocycles. The zero-order valence-electron chi connectivity index (χ0n) is 8.83. The lowest BCUT2D eigenvalue weighted by Gasteiger charge is -1.92. The SMILES string of the molecule is BrCCCCCC#CCCCCCBr. The van der Waals surface area contributed by atoms with E-state index in [1.807, 2.05) is 0 Å². The molecule has 0 spiro atoms.